The average Bonchev–Trinajstić information content (AvgIpc) is 2.19. The molecule has 88 valence electrons. The standard InChI is InChI=1S/C9H8F3NO3/c1-16-5-2-4(3-6(14)15)7(10)8(13-5)9(11)12/h2,9H,3H2,1H3,(H,14,15). The number of hydrogen-bond donors (Lipinski definition) is 1. The van der Waals surface area contributed by atoms with Crippen LogP contribution < -0.4 is 4.74 Å². The van der Waals surface area contributed by atoms with E-state index in [1.54, 1.807) is 0 Å². The molecular formula is C9H8F3NO3. The molecule has 16 heavy (non-hydrogen) atoms. The van der Waals surface area contributed by atoms with Crippen molar-refractivity contribution in [1.29, 1.82) is 0 Å². The zero-order valence-corrected chi connectivity index (χ0v) is 8.21. The summed E-state index contributed by atoms with van der Waals surface area (Å²) < 4.78 is 42.6. The molecule has 0 aromatic carbocycles. The number of hydrogen-bond acceptors (Lipinski definition) is 3. The summed E-state index contributed by atoms with van der Waals surface area (Å²) in [6.45, 7) is 0. The Hall–Kier alpha value is -1.79. The number of aliphatic carboxylic acids is 1. The lowest BCUT2D eigenvalue weighted by molar-refractivity contribution is -0.136. The highest BCUT2D eigenvalue weighted by Crippen LogP contribution is 2.25. The number of methoxy groups -OCH3 is 1. The highest BCUT2D eigenvalue weighted by Gasteiger charge is 2.21. The Morgan fingerprint density at radius 3 is 2.69 bits per heavy atom. The topological polar surface area (TPSA) is 59.4 Å². The minimum absolute atomic E-state index is 0.243. The summed E-state index contributed by atoms with van der Waals surface area (Å²) in [5.74, 6) is -2.88. The molecular weight excluding hydrogens is 227 g/mol. The summed E-state index contributed by atoms with van der Waals surface area (Å²) in [7, 11) is 1.17. The van der Waals surface area contributed by atoms with Crippen molar-refractivity contribution in [3.8, 4) is 5.88 Å². The Morgan fingerprint density at radius 1 is 1.62 bits per heavy atom. The van der Waals surface area contributed by atoms with Gasteiger partial charge in [0, 0.05) is 11.6 Å². The van der Waals surface area contributed by atoms with Gasteiger partial charge in [-0.25, -0.2) is 18.2 Å². The Kier molecular flexibility index (Phi) is 3.70. The predicted octanol–water partition coefficient (Wildman–Crippen LogP) is 1.79. The van der Waals surface area contributed by atoms with Gasteiger partial charge in [-0.3, -0.25) is 4.79 Å². The third kappa shape index (κ3) is 2.62. The Balaban J connectivity index is 3.25. The van der Waals surface area contributed by atoms with E-state index >= 15 is 0 Å². The number of ether oxygens (including phenoxy) is 1. The van der Waals surface area contributed by atoms with Crippen molar-refractivity contribution in [1.82, 2.24) is 4.98 Å². The first-order valence-electron chi connectivity index (χ1n) is 4.19. The van der Waals surface area contributed by atoms with Crippen molar-refractivity contribution in [2.24, 2.45) is 0 Å². The molecule has 0 atom stereocenters. The van der Waals surface area contributed by atoms with Crippen LogP contribution in [0.2, 0.25) is 0 Å². The summed E-state index contributed by atoms with van der Waals surface area (Å²) >= 11 is 0. The maximum Gasteiger partial charge on any atom is 0.307 e. The highest BCUT2D eigenvalue weighted by atomic mass is 19.3. The summed E-state index contributed by atoms with van der Waals surface area (Å²) in [5, 5.41) is 8.47. The van der Waals surface area contributed by atoms with E-state index in [9.17, 15) is 18.0 Å². The molecule has 7 heteroatoms. The molecule has 0 saturated carbocycles. The van der Waals surface area contributed by atoms with Gasteiger partial charge in [-0.15, -0.1) is 0 Å². The number of carbonyl (C=O) groups is 1. The number of rotatable bonds is 4. The molecule has 0 bridgehead atoms. The van der Waals surface area contributed by atoms with Crippen LogP contribution in [0.15, 0.2) is 6.07 Å². The SMILES string of the molecule is COc1cc(CC(=O)O)c(F)c(C(F)F)n1. The molecule has 0 aliphatic heterocycles. The van der Waals surface area contributed by atoms with Gasteiger partial charge in [-0.2, -0.15) is 0 Å². The van der Waals surface area contributed by atoms with Crippen molar-refractivity contribution in [3.63, 3.8) is 0 Å². The van der Waals surface area contributed by atoms with Crippen LogP contribution >= 0.6 is 0 Å². The lowest BCUT2D eigenvalue weighted by atomic mass is 10.1. The van der Waals surface area contributed by atoms with Crippen LogP contribution in [0.1, 0.15) is 17.7 Å². The zero-order valence-electron chi connectivity index (χ0n) is 8.21. The number of alkyl halides is 2. The fraction of sp³-hybridized carbons (Fsp3) is 0.333. The van der Waals surface area contributed by atoms with E-state index in [-0.39, 0.29) is 11.4 Å². The predicted molar refractivity (Wildman–Crippen MR) is 47.0 cm³/mol. The van der Waals surface area contributed by atoms with Crippen LogP contribution in [0.25, 0.3) is 0 Å². The van der Waals surface area contributed by atoms with Gasteiger partial charge in [-0.05, 0) is 0 Å². The largest absolute Gasteiger partial charge is 0.481 e. The quantitative estimate of drug-likeness (QED) is 0.864. The van der Waals surface area contributed by atoms with Gasteiger partial charge in [0.2, 0.25) is 5.88 Å². The third-order valence-corrected chi connectivity index (χ3v) is 1.79. The first-order valence-corrected chi connectivity index (χ1v) is 4.19. The number of pyridine rings is 1. The molecule has 1 aromatic rings. The van der Waals surface area contributed by atoms with Gasteiger partial charge in [0.15, 0.2) is 5.82 Å². The van der Waals surface area contributed by atoms with Gasteiger partial charge in [-0.1, -0.05) is 0 Å². The third-order valence-electron chi connectivity index (χ3n) is 1.79. The second-order valence-electron chi connectivity index (χ2n) is 2.89. The number of nitrogens with zero attached hydrogens (tertiary/aromatic N) is 1. The fourth-order valence-electron chi connectivity index (χ4n) is 1.12. The van der Waals surface area contributed by atoms with Crippen LogP contribution in [0.5, 0.6) is 5.88 Å². The Morgan fingerprint density at radius 2 is 2.25 bits per heavy atom. The van der Waals surface area contributed by atoms with Gasteiger partial charge in [0.25, 0.3) is 6.43 Å². The molecule has 4 nitrogen and oxygen atoms in total. The Bertz CT molecular complexity index is 409. The van der Waals surface area contributed by atoms with E-state index in [2.05, 4.69) is 9.72 Å². The molecule has 0 radical (unpaired) electrons. The molecule has 0 amide bonds. The summed E-state index contributed by atoms with van der Waals surface area (Å²) in [6, 6.07) is 0.981. The number of aromatic nitrogens is 1. The maximum atomic E-state index is 13.3. The normalized spacial score (nSPS) is 10.6. The van der Waals surface area contributed by atoms with E-state index in [0.29, 0.717) is 0 Å². The molecule has 0 aliphatic carbocycles. The fourth-order valence-corrected chi connectivity index (χ4v) is 1.12. The number of carboxylic acid groups (broad SMARTS) is 1. The van der Waals surface area contributed by atoms with Gasteiger partial charge in [0.1, 0.15) is 5.69 Å². The van der Waals surface area contributed by atoms with Crippen LogP contribution in [-0.4, -0.2) is 23.2 Å². The second kappa shape index (κ2) is 4.82. The van der Waals surface area contributed by atoms with Crippen LogP contribution in [0.4, 0.5) is 13.2 Å². The first kappa shape index (κ1) is 12.3. The molecule has 1 aromatic heterocycles. The van der Waals surface area contributed by atoms with E-state index in [4.69, 9.17) is 5.11 Å². The zero-order chi connectivity index (χ0) is 12.3. The molecule has 0 spiro atoms. The lowest BCUT2D eigenvalue weighted by Gasteiger charge is -2.08. The van der Waals surface area contributed by atoms with Gasteiger partial charge >= 0.3 is 5.97 Å². The van der Waals surface area contributed by atoms with Crippen molar-refractivity contribution in [2.75, 3.05) is 7.11 Å². The minimum atomic E-state index is -3.12. The smallest absolute Gasteiger partial charge is 0.307 e. The molecule has 1 N–H and O–H groups in total. The van der Waals surface area contributed by atoms with E-state index in [0.717, 1.165) is 6.07 Å². The molecule has 1 heterocycles. The van der Waals surface area contributed by atoms with Crippen molar-refractivity contribution < 1.29 is 27.8 Å². The van der Waals surface area contributed by atoms with Crippen molar-refractivity contribution >= 4 is 5.97 Å². The number of halogens is 3. The van der Waals surface area contributed by atoms with Crippen LogP contribution in [0.3, 0.4) is 0 Å². The van der Waals surface area contributed by atoms with Crippen molar-refractivity contribution in [2.45, 2.75) is 12.8 Å². The number of carboxylic acids is 1. The summed E-state index contributed by atoms with van der Waals surface area (Å²) in [6.07, 6.45) is -3.83. The van der Waals surface area contributed by atoms with Crippen LogP contribution in [-0.2, 0) is 11.2 Å². The first-order chi connectivity index (χ1) is 7.45. The van der Waals surface area contributed by atoms with E-state index in [1.807, 2.05) is 0 Å². The maximum absolute atomic E-state index is 13.3. The molecule has 0 fully saturated rings. The lowest BCUT2D eigenvalue weighted by Crippen LogP contribution is -2.08. The van der Waals surface area contributed by atoms with Crippen molar-refractivity contribution in [3.05, 3.63) is 23.1 Å². The van der Waals surface area contributed by atoms with E-state index < -0.39 is 30.3 Å². The molecule has 0 unspecified atom stereocenters. The van der Waals surface area contributed by atoms with E-state index in [1.165, 1.54) is 7.11 Å². The van der Waals surface area contributed by atoms with Crippen LogP contribution in [0, 0.1) is 5.82 Å². The average molecular weight is 235 g/mol. The van der Waals surface area contributed by atoms with Gasteiger partial charge < -0.3 is 9.84 Å². The monoisotopic (exact) mass is 235 g/mol. The minimum Gasteiger partial charge on any atom is -0.481 e. The highest BCUT2D eigenvalue weighted by molar-refractivity contribution is 5.70. The summed E-state index contributed by atoms with van der Waals surface area (Å²) in [4.78, 5) is 13.6. The molecule has 0 saturated heterocycles. The molecule has 0 aliphatic rings. The summed E-state index contributed by atoms with van der Waals surface area (Å²) in [5.41, 5.74) is -1.48. The second-order valence-corrected chi connectivity index (χ2v) is 2.89. The Labute approximate surface area is 88.7 Å². The molecule has 1 rings (SSSR count). The van der Waals surface area contributed by atoms with Gasteiger partial charge in [0.05, 0.1) is 13.5 Å².